The van der Waals surface area contributed by atoms with Gasteiger partial charge in [0, 0.05) is 32.2 Å². The summed E-state index contributed by atoms with van der Waals surface area (Å²) in [6.07, 6.45) is 4.57. The van der Waals surface area contributed by atoms with Gasteiger partial charge in [-0.15, -0.1) is 0 Å². The molecular weight excluding hydrogens is 476 g/mol. The Bertz CT molecular complexity index is 1350. The fourth-order valence-electron chi connectivity index (χ4n) is 4.13. The number of aromatic nitrogens is 4. The van der Waals surface area contributed by atoms with E-state index in [9.17, 15) is 4.79 Å². The summed E-state index contributed by atoms with van der Waals surface area (Å²) < 4.78 is 7.66. The van der Waals surface area contributed by atoms with Crippen LogP contribution >= 0.6 is 0 Å². The molecule has 2 heterocycles. The molecule has 0 bridgehead atoms. The van der Waals surface area contributed by atoms with Crippen molar-refractivity contribution in [3.05, 3.63) is 77.7 Å². The quantitative estimate of drug-likeness (QED) is 0.130. The lowest BCUT2D eigenvalue weighted by molar-refractivity contribution is 0.0813. The number of rotatable bonds is 10. The third-order valence-electron chi connectivity index (χ3n) is 6.58. The first-order valence-corrected chi connectivity index (χ1v) is 16.7. The van der Waals surface area contributed by atoms with Crippen molar-refractivity contribution in [1.29, 1.82) is 0 Å². The number of aryl methyl sites for hydroxylation is 1. The van der Waals surface area contributed by atoms with Crippen molar-refractivity contribution in [3.63, 3.8) is 0 Å². The molecule has 0 aliphatic carbocycles. The maximum absolute atomic E-state index is 12.7. The number of nitrogens with zero attached hydrogens (tertiary/aromatic N) is 4. The van der Waals surface area contributed by atoms with E-state index in [1.54, 1.807) is 11.0 Å². The molecule has 0 saturated carbocycles. The minimum absolute atomic E-state index is 0.0817. The number of fused-ring (bicyclic) bond motifs is 1. The second kappa shape index (κ2) is 11.1. The van der Waals surface area contributed by atoms with Gasteiger partial charge in [-0.25, -0.2) is 14.6 Å². The minimum Gasteiger partial charge on any atom is -0.359 e. The Hall–Kier alpha value is -3.16. The van der Waals surface area contributed by atoms with E-state index in [4.69, 9.17) is 4.74 Å². The first-order valence-electron chi connectivity index (χ1n) is 13.0. The molecule has 0 radical (unpaired) electrons. The lowest BCUT2D eigenvalue weighted by Crippen LogP contribution is -2.22. The number of ketones is 1. The van der Waals surface area contributed by atoms with Crippen molar-refractivity contribution in [2.45, 2.75) is 71.4 Å². The lowest BCUT2D eigenvalue weighted by atomic mass is 9.86. The third kappa shape index (κ3) is 6.99. The van der Waals surface area contributed by atoms with Gasteiger partial charge in [0.1, 0.15) is 13.1 Å². The molecule has 0 spiro atoms. The van der Waals surface area contributed by atoms with Crippen LogP contribution in [0.3, 0.4) is 0 Å². The van der Waals surface area contributed by atoms with Crippen molar-refractivity contribution < 1.29 is 9.53 Å². The summed E-state index contributed by atoms with van der Waals surface area (Å²) >= 11 is 0. The van der Waals surface area contributed by atoms with Gasteiger partial charge in [0.2, 0.25) is 0 Å². The fourth-order valence-corrected chi connectivity index (χ4v) is 4.89. The van der Waals surface area contributed by atoms with E-state index in [0.29, 0.717) is 19.6 Å². The standard InChI is InChI=1S/C30H38N4O2Si/c1-30(2,3)25-14-12-23(13-15-25)27(35)16-9-22-7-10-24(11-8-22)28-26-19-33-34(29(26)32-20-31-28)21-36-17-18-37(4,5)6/h7-8,10-15,19-20H,9,16-18,21H2,1-6H3. The van der Waals surface area contributed by atoms with E-state index in [-0.39, 0.29) is 11.2 Å². The van der Waals surface area contributed by atoms with Crippen molar-refractivity contribution in [2.24, 2.45) is 0 Å². The van der Waals surface area contributed by atoms with Crippen LogP contribution in [0.5, 0.6) is 0 Å². The van der Waals surface area contributed by atoms with E-state index < -0.39 is 8.07 Å². The highest BCUT2D eigenvalue weighted by Gasteiger charge is 2.16. The minimum atomic E-state index is -1.13. The molecule has 194 valence electrons. The van der Waals surface area contributed by atoms with Crippen LogP contribution in [0.15, 0.2) is 61.1 Å². The number of carbonyl (C=O) groups excluding carboxylic acids is 1. The fraction of sp³-hybridized carbons (Fsp3) is 0.400. The summed E-state index contributed by atoms with van der Waals surface area (Å²) in [5.74, 6) is 0.168. The highest BCUT2D eigenvalue weighted by Crippen LogP contribution is 2.26. The second-order valence-corrected chi connectivity index (χ2v) is 17.5. The summed E-state index contributed by atoms with van der Waals surface area (Å²) in [5.41, 5.74) is 5.83. The summed E-state index contributed by atoms with van der Waals surface area (Å²) in [6.45, 7) is 14.7. The summed E-state index contributed by atoms with van der Waals surface area (Å²) in [7, 11) is -1.13. The van der Waals surface area contributed by atoms with Crippen LogP contribution in [0.25, 0.3) is 22.3 Å². The molecule has 2 aromatic carbocycles. The van der Waals surface area contributed by atoms with Gasteiger partial charge in [-0.2, -0.15) is 5.10 Å². The van der Waals surface area contributed by atoms with E-state index in [0.717, 1.165) is 46.1 Å². The van der Waals surface area contributed by atoms with Gasteiger partial charge in [-0.05, 0) is 29.0 Å². The largest absolute Gasteiger partial charge is 0.359 e. The Kier molecular flexibility index (Phi) is 8.04. The number of hydrogen-bond acceptors (Lipinski definition) is 5. The first-order chi connectivity index (χ1) is 17.5. The lowest BCUT2D eigenvalue weighted by Gasteiger charge is -2.19. The van der Waals surface area contributed by atoms with Gasteiger partial charge in [-0.3, -0.25) is 4.79 Å². The molecule has 0 saturated heterocycles. The molecule has 0 aliphatic heterocycles. The van der Waals surface area contributed by atoms with Crippen LogP contribution in [0.1, 0.15) is 48.7 Å². The van der Waals surface area contributed by atoms with Gasteiger partial charge in [0.15, 0.2) is 11.4 Å². The Balaban J connectivity index is 1.39. The zero-order valence-corrected chi connectivity index (χ0v) is 23.9. The van der Waals surface area contributed by atoms with E-state index in [1.165, 1.54) is 5.56 Å². The average Bonchev–Trinajstić information content (AvgIpc) is 3.28. The van der Waals surface area contributed by atoms with Gasteiger partial charge in [0.05, 0.1) is 17.3 Å². The maximum atomic E-state index is 12.7. The van der Waals surface area contributed by atoms with Gasteiger partial charge < -0.3 is 4.74 Å². The van der Waals surface area contributed by atoms with E-state index >= 15 is 0 Å². The van der Waals surface area contributed by atoms with Crippen LogP contribution in [-0.4, -0.2) is 40.2 Å². The zero-order valence-electron chi connectivity index (χ0n) is 22.9. The highest BCUT2D eigenvalue weighted by atomic mass is 28.3. The van der Waals surface area contributed by atoms with Crippen molar-refractivity contribution in [3.8, 4) is 11.3 Å². The monoisotopic (exact) mass is 514 g/mol. The highest BCUT2D eigenvalue weighted by molar-refractivity contribution is 6.76. The third-order valence-corrected chi connectivity index (χ3v) is 8.29. The summed E-state index contributed by atoms with van der Waals surface area (Å²) in [4.78, 5) is 21.7. The molecular formula is C30H38N4O2Si. The van der Waals surface area contributed by atoms with E-state index in [2.05, 4.69) is 91.9 Å². The molecule has 0 fully saturated rings. The SMILES string of the molecule is CC(C)(C)c1ccc(C(=O)CCc2ccc(-c3ncnc4c3cnn4COCC[Si](C)(C)C)cc2)cc1. The zero-order chi connectivity index (χ0) is 26.6. The number of benzene rings is 2. The van der Waals surface area contributed by atoms with Crippen molar-refractivity contribution in [1.82, 2.24) is 19.7 Å². The molecule has 6 nitrogen and oxygen atoms in total. The van der Waals surface area contributed by atoms with Crippen LogP contribution < -0.4 is 0 Å². The predicted octanol–water partition coefficient (Wildman–Crippen LogP) is 6.92. The molecule has 7 heteroatoms. The molecule has 0 aliphatic rings. The molecule has 0 N–H and O–H groups in total. The maximum Gasteiger partial charge on any atom is 0.164 e. The molecule has 2 aromatic heterocycles. The van der Waals surface area contributed by atoms with Crippen molar-refractivity contribution >= 4 is 24.9 Å². The van der Waals surface area contributed by atoms with E-state index in [1.807, 2.05) is 18.3 Å². The summed E-state index contributed by atoms with van der Waals surface area (Å²) in [6, 6.07) is 17.4. The van der Waals surface area contributed by atoms with Crippen molar-refractivity contribution in [2.75, 3.05) is 6.61 Å². The average molecular weight is 515 g/mol. The second-order valence-electron chi connectivity index (χ2n) is 11.9. The first kappa shape index (κ1) is 26.9. The number of hydrogen-bond donors (Lipinski definition) is 0. The molecule has 4 aromatic rings. The molecule has 4 rings (SSSR count). The molecule has 0 amide bonds. The predicted molar refractivity (Wildman–Crippen MR) is 153 cm³/mol. The Morgan fingerprint density at radius 2 is 1.68 bits per heavy atom. The normalized spacial score (nSPS) is 12.3. The molecule has 0 unspecified atom stereocenters. The van der Waals surface area contributed by atoms with Gasteiger partial charge >= 0.3 is 0 Å². The number of carbonyl (C=O) groups is 1. The smallest absolute Gasteiger partial charge is 0.164 e. The topological polar surface area (TPSA) is 69.9 Å². The van der Waals surface area contributed by atoms with Gasteiger partial charge in [0.25, 0.3) is 0 Å². The van der Waals surface area contributed by atoms with Crippen LogP contribution in [-0.2, 0) is 23.3 Å². The molecule has 37 heavy (non-hydrogen) atoms. The Labute approximate surface area is 221 Å². The molecule has 0 atom stereocenters. The number of Topliss-reactive ketones (excluding diaryl/α,β-unsaturated/α-hetero) is 1. The Morgan fingerprint density at radius 1 is 0.973 bits per heavy atom. The summed E-state index contributed by atoms with van der Waals surface area (Å²) in [5, 5.41) is 5.39. The van der Waals surface area contributed by atoms with Crippen LogP contribution in [0.2, 0.25) is 25.7 Å². The number of ether oxygens (including phenoxy) is 1. The van der Waals surface area contributed by atoms with Gasteiger partial charge in [-0.1, -0.05) is 88.9 Å². The van der Waals surface area contributed by atoms with Crippen LogP contribution in [0, 0.1) is 0 Å². The van der Waals surface area contributed by atoms with Crippen LogP contribution in [0.4, 0.5) is 0 Å². The Morgan fingerprint density at radius 3 is 2.32 bits per heavy atom.